The lowest BCUT2D eigenvalue weighted by molar-refractivity contribution is -0.119. The summed E-state index contributed by atoms with van der Waals surface area (Å²) in [6.07, 6.45) is 0. The molecule has 0 unspecified atom stereocenters. The van der Waals surface area contributed by atoms with Gasteiger partial charge in [0.05, 0.1) is 5.92 Å². The van der Waals surface area contributed by atoms with Crippen LogP contribution in [0.3, 0.4) is 0 Å². The Morgan fingerprint density at radius 2 is 1.80 bits per heavy atom. The van der Waals surface area contributed by atoms with Crippen LogP contribution in [0, 0.1) is 5.92 Å². The SMILES string of the molecule is CN1C[C@@H](C(=O)Nc2ccc3c(c2)OCCO3)[C@H](c2ccccc2)C1. The number of carbonyl (C=O) groups excluding carboxylic acids is 1. The first-order valence-corrected chi connectivity index (χ1v) is 8.65. The van der Waals surface area contributed by atoms with E-state index >= 15 is 0 Å². The Morgan fingerprint density at radius 3 is 2.60 bits per heavy atom. The van der Waals surface area contributed by atoms with Gasteiger partial charge in [-0.15, -0.1) is 0 Å². The fraction of sp³-hybridized carbons (Fsp3) is 0.350. The molecular weight excluding hydrogens is 316 g/mol. The molecule has 4 rings (SSSR count). The Hall–Kier alpha value is -2.53. The van der Waals surface area contributed by atoms with Crippen LogP contribution in [-0.4, -0.2) is 44.2 Å². The second kappa shape index (κ2) is 6.76. The molecule has 130 valence electrons. The number of hydrogen-bond acceptors (Lipinski definition) is 4. The Morgan fingerprint density at radius 1 is 1.04 bits per heavy atom. The average molecular weight is 338 g/mol. The van der Waals surface area contributed by atoms with E-state index in [1.165, 1.54) is 5.56 Å². The number of nitrogens with one attached hydrogen (secondary N) is 1. The second-order valence-electron chi connectivity index (χ2n) is 6.69. The number of amides is 1. The normalized spacial score (nSPS) is 22.6. The van der Waals surface area contributed by atoms with E-state index < -0.39 is 0 Å². The van der Waals surface area contributed by atoms with E-state index in [0.717, 1.165) is 24.5 Å². The molecule has 2 aliphatic rings. The van der Waals surface area contributed by atoms with Crippen molar-refractivity contribution in [1.29, 1.82) is 0 Å². The number of anilines is 1. The molecule has 5 heteroatoms. The van der Waals surface area contributed by atoms with Crippen molar-refractivity contribution in [3.8, 4) is 11.5 Å². The van der Waals surface area contributed by atoms with Gasteiger partial charge in [-0.3, -0.25) is 4.79 Å². The third-order valence-electron chi connectivity index (χ3n) is 4.88. The molecule has 0 radical (unpaired) electrons. The number of likely N-dealkylation sites (tertiary alicyclic amines) is 1. The van der Waals surface area contributed by atoms with E-state index in [4.69, 9.17) is 9.47 Å². The van der Waals surface area contributed by atoms with Crippen molar-refractivity contribution in [2.75, 3.05) is 38.7 Å². The maximum atomic E-state index is 12.9. The van der Waals surface area contributed by atoms with E-state index in [9.17, 15) is 4.79 Å². The van der Waals surface area contributed by atoms with Crippen LogP contribution in [0.4, 0.5) is 5.69 Å². The summed E-state index contributed by atoms with van der Waals surface area (Å²) >= 11 is 0. The zero-order chi connectivity index (χ0) is 17.2. The predicted octanol–water partition coefficient (Wildman–Crippen LogP) is 2.74. The molecule has 2 aromatic carbocycles. The van der Waals surface area contributed by atoms with Crippen molar-refractivity contribution in [1.82, 2.24) is 4.90 Å². The van der Waals surface area contributed by atoms with Crippen molar-refractivity contribution < 1.29 is 14.3 Å². The third kappa shape index (κ3) is 3.33. The monoisotopic (exact) mass is 338 g/mol. The third-order valence-corrected chi connectivity index (χ3v) is 4.88. The van der Waals surface area contributed by atoms with Gasteiger partial charge < -0.3 is 19.7 Å². The Labute approximate surface area is 147 Å². The molecule has 0 bridgehead atoms. The minimum Gasteiger partial charge on any atom is -0.486 e. The lowest BCUT2D eigenvalue weighted by Gasteiger charge is -2.21. The van der Waals surface area contributed by atoms with Crippen LogP contribution in [0.5, 0.6) is 11.5 Å². The van der Waals surface area contributed by atoms with Gasteiger partial charge in [-0.1, -0.05) is 30.3 Å². The molecule has 1 amide bonds. The van der Waals surface area contributed by atoms with E-state index in [1.807, 2.05) is 36.4 Å². The van der Waals surface area contributed by atoms with Crippen LogP contribution in [0.15, 0.2) is 48.5 Å². The van der Waals surface area contributed by atoms with Gasteiger partial charge in [0, 0.05) is 30.8 Å². The van der Waals surface area contributed by atoms with Crippen LogP contribution in [0.25, 0.3) is 0 Å². The van der Waals surface area contributed by atoms with Gasteiger partial charge in [0.15, 0.2) is 11.5 Å². The van der Waals surface area contributed by atoms with Gasteiger partial charge in [0.1, 0.15) is 13.2 Å². The highest BCUT2D eigenvalue weighted by molar-refractivity contribution is 5.94. The summed E-state index contributed by atoms with van der Waals surface area (Å²) < 4.78 is 11.1. The first kappa shape index (κ1) is 16.0. The molecule has 1 saturated heterocycles. The van der Waals surface area contributed by atoms with E-state index in [1.54, 1.807) is 0 Å². The van der Waals surface area contributed by atoms with Gasteiger partial charge >= 0.3 is 0 Å². The summed E-state index contributed by atoms with van der Waals surface area (Å²) in [6, 6.07) is 15.8. The number of fused-ring (bicyclic) bond motifs is 1. The zero-order valence-electron chi connectivity index (χ0n) is 14.3. The van der Waals surface area contributed by atoms with E-state index in [0.29, 0.717) is 19.0 Å². The van der Waals surface area contributed by atoms with Crippen molar-refractivity contribution in [3.05, 3.63) is 54.1 Å². The largest absolute Gasteiger partial charge is 0.486 e. The summed E-state index contributed by atoms with van der Waals surface area (Å²) in [5.74, 6) is 1.61. The van der Waals surface area contributed by atoms with Gasteiger partial charge in [-0.25, -0.2) is 0 Å². The number of nitrogens with zero attached hydrogens (tertiary/aromatic N) is 1. The molecule has 1 N–H and O–H groups in total. The number of benzene rings is 2. The fourth-order valence-corrected chi connectivity index (χ4v) is 3.66. The summed E-state index contributed by atoms with van der Waals surface area (Å²) in [6.45, 7) is 2.75. The molecule has 2 aromatic rings. The maximum Gasteiger partial charge on any atom is 0.229 e. The number of likely N-dealkylation sites (N-methyl/N-ethyl adjacent to an activating group) is 1. The number of ether oxygens (including phenoxy) is 2. The molecule has 2 heterocycles. The number of carbonyl (C=O) groups is 1. The number of hydrogen-bond donors (Lipinski definition) is 1. The number of rotatable bonds is 3. The standard InChI is InChI=1S/C20H22N2O3/c1-22-12-16(14-5-3-2-4-6-14)17(13-22)20(23)21-15-7-8-18-19(11-15)25-10-9-24-18/h2-8,11,16-17H,9-10,12-13H2,1H3,(H,21,23)/t16-,17+/m0/s1. The van der Waals surface area contributed by atoms with E-state index in [2.05, 4.69) is 29.4 Å². The van der Waals surface area contributed by atoms with Crippen molar-refractivity contribution in [3.63, 3.8) is 0 Å². The summed E-state index contributed by atoms with van der Waals surface area (Å²) in [5, 5.41) is 3.05. The van der Waals surface area contributed by atoms with Crippen LogP contribution in [-0.2, 0) is 4.79 Å². The van der Waals surface area contributed by atoms with Crippen molar-refractivity contribution in [2.24, 2.45) is 5.92 Å². The van der Waals surface area contributed by atoms with Gasteiger partial charge in [0.2, 0.25) is 5.91 Å². The van der Waals surface area contributed by atoms with Gasteiger partial charge in [-0.2, -0.15) is 0 Å². The molecule has 0 spiro atoms. The summed E-state index contributed by atoms with van der Waals surface area (Å²) in [5.41, 5.74) is 1.96. The molecule has 25 heavy (non-hydrogen) atoms. The molecule has 2 atom stereocenters. The summed E-state index contributed by atoms with van der Waals surface area (Å²) in [7, 11) is 2.06. The molecule has 0 aromatic heterocycles. The van der Waals surface area contributed by atoms with Crippen LogP contribution >= 0.6 is 0 Å². The zero-order valence-corrected chi connectivity index (χ0v) is 14.3. The highest BCUT2D eigenvalue weighted by Crippen LogP contribution is 2.35. The van der Waals surface area contributed by atoms with E-state index in [-0.39, 0.29) is 17.7 Å². The summed E-state index contributed by atoms with van der Waals surface area (Å²) in [4.78, 5) is 15.1. The quantitative estimate of drug-likeness (QED) is 0.935. The molecule has 5 nitrogen and oxygen atoms in total. The fourth-order valence-electron chi connectivity index (χ4n) is 3.66. The van der Waals surface area contributed by atoms with Crippen LogP contribution in [0.1, 0.15) is 11.5 Å². The lowest BCUT2D eigenvalue weighted by atomic mass is 9.88. The minimum absolute atomic E-state index is 0.0508. The van der Waals surface area contributed by atoms with Gasteiger partial charge in [0.25, 0.3) is 0 Å². The minimum atomic E-state index is -0.0689. The van der Waals surface area contributed by atoms with Crippen molar-refractivity contribution >= 4 is 11.6 Å². The molecular formula is C20H22N2O3. The lowest BCUT2D eigenvalue weighted by Crippen LogP contribution is -2.28. The van der Waals surface area contributed by atoms with Crippen LogP contribution < -0.4 is 14.8 Å². The first-order chi connectivity index (χ1) is 12.2. The predicted molar refractivity (Wildman–Crippen MR) is 96.2 cm³/mol. The Balaban J connectivity index is 1.51. The van der Waals surface area contributed by atoms with Gasteiger partial charge in [-0.05, 0) is 24.7 Å². The highest BCUT2D eigenvalue weighted by atomic mass is 16.6. The molecule has 1 fully saturated rings. The topological polar surface area (TPSA) is 50.8 Å². The molecule has 0 aliphatic carbocycles. The smallest absolute Gasteiger partial charge is 0.229 e. The second-order valence-corrected chi connectivity index (χ2v) is 6.69. The van der Waals surface area contributed by atoms with Crippen molar-refractivity contribution in [2.45, 2.75) is 5.92 Å². The first-order valence-electron chi connectivity index (χ1n) is 8.65. The Bertz CT molecular complexity index is 763. The molecule has 0 saturated carbocycles. The average Bonchev–Trinajstić information content (AvgIpc) is 3.04. The maximum absolute atomic E-state index is 12.9. The molecule has 2 aliphatic heterocycles. The van der Waals surface area contributed by atoms with Crippen LogP contribution in [0.2, 0.25) is 0 Å². The highest BCUT2D eigenvalue weighted by Gasteiger charge is 2.37. The Kier molecular flexibility index (Phi) is 4.32.